The molecule has 0 unspecified atom stereocenters. The number of benzene rings is 1. The number of halogens is 1. The fourth-order valence-electron chi connectivity index (χ4n) is 2.22. The van der Waals surface area contributed by atoms with E-state index in [2.05, 4.69) is 5.10 Å². The summed E-state index contributed by atoms with van der Waals surface area (Å²) in [5, 5.41) is 4.86. The van der Waals surface area contributed by atoms with Crippen LogP contribution in [0.5, 0.6) is 5.75 Å². The fourth-order valence-corrected chi connectivity index (χ4v) is 2.58. The number of rotatable bonds is 5. The standard InChI is InChI=1S/C15H18ClN3O2/c1-4-10-14(16)11(19(2)18-10)8-12(20)9-6-5-7-13(21-3)15(9)17/h5-7H,4,8,17H2,1-3H3. The Hall–Kier alpha value is -2.01. The van der Waals surface area contributed by atoms with Crippen molar-refractivity contribution in [1.29, 1.82) is 0 Å². The van der Waals surface area contributed by atoms with Gasteiger partial charge >= 0.3 is 0 Å². The van der Waals surface area contributed by atoms with E-state index in [9.17, 15) is 4.79 Å². The fraction of sp³-hybridized carbons (Fsp3) is 0.333. The van der Waals surface area contributed by atoms with Crippen molar-refractivity contribution < 1.29 is 9.53 Å². The van der Waals surface area contributed by atoms with Crippen molar-refractivity contribution in [3.05, 3.63) is 40.2 Å². The summed E-state index contributed by atoms with van der Waals surface area (Å²) in [5.41, 5.74) is 8.22. The number of aryl methyl sites for hydroxylation is 2. The molecule has 2 N–H and O–H groups in total. The first-order valence-electron chi connectivity index (χ1n) is 6.65. The van der Waals surface area contributed by atoms with E-state index >= 15 is 0 Å². The minimum Gasteiger partial charge on any atom is -0.495 e. The van der Waals surface area contributed by atoms with E-state index in [4.69, 9.17) is 22.1 Å². The van der Waals surface area contributed by atoms with Crippen LogP contribution in [0.3, 0.4) is 0 Å². The molecule has 0 radical (unpaired) electrons. The van der Waals surface area contributed by atoms with Gasteiger partial charge in [0.15, 0.2) is 5.78 Å². The van der Waals surface area contributed by atoms with E-state index in [1.165, 1.54) is 7.11 Å². The third kappa shape index (κ3) is 2.88. The van der Waals surface area contributed by atoms with Gasteiger partial charge in [-0.2, -0.15) is 5.10 Å². The first-order chi connectivity index (χ1) is 9.99. The number of hydrogen-bond acceptors (Lipinski definition) is 4. The number of carbonyl (C=O) groups excluding carboxylic acids is 1. The Morgan fingerprint density at radius 3 is 2.76 bits per heavy atom. The van der Waals surface area contributed by atoms with E-state index in [0.717, 1.165) is 12.1 Å². The summed E-state index contributed by atoms with van der Waals surface area (Å²) >= 11 is 6.27. The van der Waals surface area contributed by atoms with Gasteiger partial charge in [-0.3, -0.25) is 9.48 Å². The summed E-state index contributed by atoms with van der Waals surface area (Å²) in [7, 11) is 3.30. The zero-order valence-electron chi connectivity index (χ0n) is 12.3. The number of aromatic nitrogens is 2. The first-order valence-corrected chi connectivity index (χ1v) is 7.03. The van der Waals surface area contributed by atoms with Gasteiger partial charge in [-0.15, -0.1) is 0 Å². The van der Waals surface area contributed by atoms with Crippen molar-refractivity contribution in [1.82, 2.24) is 9.78 Å². The zero-order chi connectivity index (χ0) is 15.6. The van der Waals surface area contributed by atoms with Crippen LogP contribution in [0, 0.1) is 0 Å². The van der Waals surface area contributed by atoms with Crippen LogP contribution in [0.25, 0.3) is 0 Å². The van der Waals surface area contributed by atoms with Crippen LogP contribution < -0.4 is 10.5 Å². The molecule has 21 heavy (non-hydrogen) atoms. The highest BCUT2D eigenvalue weighted by molar-refractivity contribution is 6.32. The van der Waals surface area contributed by atoms with E-state index in [1.54, 1.807) is 29.9 Å². The zero-order valence-corrected chi connectivity index (χ0v) is 13.1. The van der Waals surface area contributed by atoms with Crippen LogP contribution in [-0.2, 0) is 19.9 Å². The van der Waals surface area contributed by atoms with Gasteiger partial charge < -0.3 is 10.5 Å². The average molecular weight is 308 g/mol. The topological polar surface area (TPSA) is 70.1 Å². The first kappa shape index (κ1) is 15.4. The number of ketones is 1. The van der Waals surface area contributed by atoms with Crippen LogP contribution in [-0.4, -0.2) is 22.7 Å². The molecule has 0 amide bonds. The maximum Gasteiger partial charge on any atom is 0.171 e. The number of nitrogens with zero attached hydrogens (tertiary/aromatic N) is 2. The lowest BCUT2D eigenvalue weighted by Crippen LogP contribution is -2.11. The summed E-state index contributed by atoms with van der Waals surface area (Å²) in [5.74, 6) is 0.380. The maximum absolute atomic E-state index is 12.5. The van der Waals surface area contributed by atoms with Crippen molar-refractivity contribution in [2.24, 2.45) is 7.05 Å². The number of nitrogens with two attached hydrogens (primary N) is 1. The van der Waals surface area contributed by atoms with Gasteiger partial charge in [-0.25, -0.2) is 0 Å². The van der Waals surface area contributed by atoms with Crippen molar-refractivity contribution in [3.8, 4) is 5.75 Å². The molecular weight excluding hydrogens is 290 g/mol. The molecule has 0 aliphatic heterocycles. The van der Waals surface area contributed by atoms with E-state index < -0.39 is 0 Å². The van der Waals surface area contributed by atoms with Crippen molar-refractivity contribution >= 4 is 23.1 Å². The highest BCUT2D eigenvalue weighted by Gasteiger charge is 2.19. The SMILES string of the molecule is CCc1nn(C)c(CC(=O)c2cccc(OC)c2N)c1Cl. The van der Waals surface area contributed by atoms with Crippen LogP contribution in [0.1, 0.15) is 28.7 Å². The molecule has 5 nitrogen and oxygen atoms in total. The molecule has 2 aromatic rings. The Kier molecular flexibility index (Phi) is 4.53. The molecule has 1 aromatic heterocycles. The normalized spacial score (nSPS) is 10.7. The number of para-hydroxylation sites is 1. The van der Waals surface area contributed by atoms with Crippen LogP contribution in [0.2, 0.25) is 5.02 Å². The number of methoxy groups -OCH3 is 1. The predicted octanol–water partition coefficient (Wildman–Crippen LogP) is 2.65. The summed E-state index contributed by atoms with van der Waals surface area (Å²) in [6, 6.07) is 5.15. The lowest BCUT2D eigenvalue weighted by Gasteiger charge is -2.09. The largest absolute Gasteiger partial charge is 0.495 e. The highest BCUT2D eigenvalue weighted by atomic mass is 35.5. The van der Waals surface area contributed by atoms with Crippen LogP contribution >= 0.6 is 11.6 Å². The molecule has 0 spiro atoms. The summed E-state index contributed by atoms with van der Waals surface area (Å²) in [6.45, 7) is 1.97. The highest BCUT2D eigenvalue weighted by Crippen LogP contribution is 2.27. The Morgan fingerprint density at radius 2 is 2.19 bits per heavy atom. The molecule has 1 heterocycles. The van der Waals surface area contributed by atoms with Gasteiger partial charge in [-0.1, -0.05) is 24.6 Å². The second-order valence-corrected chi connectivity index (χ2v) is 5.08. The van der Waals surface area contributed by atoms with Crippen molar-refractivity contribution in [2.75, 3.05) is 12.8 Å². The number of ether oxygens (including phenoxy) is 1. The molecule has 2 rings (SSSR count). The average Bonchev–Trinajstić information content (AvgIpc) is 2.74. The smallest absolute Gasteiger partial charge is 0.171 e. The van der Waals surface area contributed by atoms with Gasteiger partial charge in [0.05, 0.1) is 35.6 Å². The van der Waals surface area contributed by atoms with E-state index in [0.29, 0.717) is 27.7 Å². The molecule has 0 atom stereocenters. The maximum atomic E-state index is 12.5. The molecule has 1 aromatic carbocycles. The lowest BCUT2D eigenvalue weighted by molar-refractivity contribution is 0.0991. The number of carbonyl (C=O) groups is 1. The van der Waals surface area contributed by atoms with Gasteiger partial charge in [-0.05, 0) is 18.6 Å². The minimum atomic E-state index is -0.112. The summed E-state index contributed by atoms with van der Waals surface area (Å²) < 4.78 is 6.78. The van der Waals surface area contributed by atoms with Crippen LogP contribution in [0.15, 0.2) is 18.2 Å². The lowest BCUT2D eigenvalue weighted by atomic mass is 10.0. The number of anilines is 1. The third-order valence-electron chi connectivity index (χ3n) is 3.42. The van der Waals surface area contributed by atoms with Gasteiger partial charge in [0, 0.05) is 12.6 Å². The second kappa shape index (κ2) is 6.18. The molecule has 112 valence electrons. The third-order valence-corrected chi connectivity index (χ3v) is 3.85. The predicted molar refractivity (Wildman–Crippen MR) is 83.0 cm³/mol. The molecule has 6 heteroatoms. The number of Topliss-reactive ketones (excluding diaryl/α,β-unsaturated/α-hetero) is 1. The quantitative estimate of drug-likeness (QED) is 0.681. The Balaban J connectivity index is 2.33. The molecule has 0 aliphatic carbocycles. The van der Waals surface area contributed by atoms with Crippen molar-refractivity contribution in [3.63, 3.8) is 0 Å². The molecule has 0 fully saturated rings. The van der Waals surface area contributed by atoms with E-state index in [-0.39, 0.29) is 12.2 Å². The molecule has 0 aliphatic rings. The Bertz CT molecular complexity index is 680. The van der Waals surface area contributed by atoms with Gasteiger partial charge in [0.25, 0.3) is 0 Å². The van der Waals surface area contributed by atoms with Crippen LogP contribution in [0.4, 0.5) is 5.69 Å². The molecule has 0 bridgehead atoms. The minimum absolute atomic E-state index is 0.112. The molecular formula is C15H18ClN3O2. The van der Waals surface area contributed by atoms with Gasteiger partial charge in [0.1, 0.15) is 5.75 Å². The second-order valence-electron chi connectivity index (χ2n) is 4.71. The molecule has 0 saturated carbocycles. The van der Waals surface area contributed by atoms with Gasteiger partial charge in [0.2, 0.25) is 0 Å². The monoisotopic (exact) mass is 307 g/mol. The molecule has 0 saturated heterocycles. The summed E-state index contributed by atoms with van der Waals surface area (Å²) in [4.78, 5) is 12.5. The van der Waals surface area contributed by atoms with Crippen molar-refractivity contribution in [2.45, 2.75) is 19.8 Å². The number of nitrogen functional groups attached to an aromatic ring is 1. The number of hydrogen-bond donors (Lipinski definition) is 1. The Morgan fingerprint density at radius 1 is 1.48 bits per heavy atom. The van der Waals surface area contributed by atoms with E-state index in [1.807, 2.05) is 6.92 Å². The Labute approximate surface area is 128 Å². The summed E-state index contributed by atoms with van der Waals surface area (Å²) in [6.07, 6.45) is 0.877.